The van der Waals surface area contributed by atoms with Crippen molar-refractivity contribution in [3.63, 3.8) is 0 Å². The lowest BCUT2D eigenvalue weighted by Gasteiger charge is -2.14. The van der Waals surface area contributed by atoms with Gasteiger partial charge in [-0.2, -0.15) is 0 Å². The summed E-state index contributed by atoms with van der Waals surface area (Å²) in [6, 6.07) is 33.7. The van der Waals surface area contributed by atoms with Crippen LogP contribution in [0.3, 0.4) is 0 Å². The molecule has 0 amide bonds. The summed E-state index contributed by atoms with van der Waals surface area (Å²) < 4.78 is 2.35. The molecule has 2 N–H and O–H groups in total. The van der Waals surface area contributed by atoms with E-state index in [4.69, 9.17) is 28.1 Å². The highest BCUT2D eigenvalue weighted by atomic mass is 33.5. The van der Waals surface area contributed by atoms with Gasteiger partial charge in [0.15, 0.2) is 0 Å². The third-order valence-corrected chi connectivity index (χ3v) is 65.7. The lowest BCUT2D eigenvalue weighted by molar-refractivity contribution is 1.18. The summed E-state index contributed by atoms with van der Waals surface area (Å²) in [7, 11) is 49.1. The van der Waals surface area contributed by atoms with Gasteiger partial charge in [0.25, 0.3) is 0 Å². The van der Waals surface area contributed by atoms with Gasteiger partial charge in [-0.1, -0.05) is 66.7 Å². The van der Waals surface area contributed by atoms with Gasteiger partial charge in [0.2, 0.25) is 0 Å². The van der Waals surface area contributed by atoms with Gasteiger partial charge in [-0.15, -0.1) is 0 Å². The molecule has 304 valence electrons. The van der Waals surface area contributed by atoms with E-state index in [1.807, 2.05) is 125 Å². The number of rotatable bonds is 2. The molecule has 0 fully saturated rings. The first-order valence-electron chi connectivity index (χ1n) is 13.6. The average Bonchev–Trinajstić information content (AvgIpc) is 3.56. The zero-order chi connectivity index (χ0) is 39.3. The molecule has 0 spiro atoms. The van der Waals surface area contributed by atoms with Crippen molar-refractivity contribution >= 4 is 299 Å². The van der Waals surface area contributed by atoms with Crippen molar-refractivity contribution in [2.24, 2.45) is 0 Å². The summed E-state index contributed by atoms with van der Waals surface area (Å²) in [5.74, 6) is 0. The Bertz CT molecular complexity index is 3370. The van der Waals surface area contributed by atoms with E-state index in [9.17, 15) is 0 Å². The first-order chi connectivity index (χ1) is 27.7. The zero-order valence-electron chi connectivity index (χ0n) is 26.5. The maximum Gasteiger partial charge on any atom is 0.0541 e. The molecule has 1 aromatic heterocycles. The monoisotopic (exact) mass is 1290 g/mol. The molecule has 2 nitrogen and oxygen atoms in total. The van der Waals surface area contributed by atoms with E-state index in [0.29, 0.717) is 0 Å². The fraction of sp³-hybridized carbons (Fsp3) is 0. The molecule has 0 unspecified atom stereocenters. The van der Waals surface area contributed by atoms with Crippen molar-refractivity contribution in [2.75, 3.05) is 5.73 Å². The number of nitrogens with zero attached hydrogens (tertiary/aromatic N) is 1. The second-order valence-electron chi connectivity index (χ2n) is 8.42. The lowest BCUT2D eigenvalue weighted by Crippen LogP contribution is -1.97. The summed E-state index contributed by atoms with van der Waals surface area (Å²) in [5, 5.41) is 2.54. The Morgan fingerprint density at radius 2 is 0.696 bits per heavy atom. The molecule has 32 heteroatoms. The fourth-order valence-corrected chi connectivity index (χ4v) is 75.4. The fourth-order valence-electron chi connectivity index (χ4n) is 4.10. The van der Waals surface area contributed by atoms with Gasteiger partial charge in [0.1, 0.15) is 0 Å². The van der Waals surface area contributed by atoms with Crippen molar-refractivity contribution in [1.29, 1.82) is 0 Å². The van der Waals surface area contributed by atoms with Crippen LogP contribution in [0.5, 0.6) is 0 Å². The molecule has 0 aliphatic rings. The average molecular weight is 1300 g/mol. The van der Waals surface area contributed by atoms with Crippen LogP contribution >= 0.6 is 0 Å². The van der Waals surface area contributed by atoms with Crippen LogP contribution in [-0.2, 0) is 271 Å². The van der Waals surface area contributed by atoms with Crippen molar-refractivity contribution in [2.45, 2.75) is 0 Å². The van der Waals surface area contributed by atoms with Crippen molar-refractivity contribution < 1.29 is 0 Å². The van der Waals surface area contributed by atoms with E-state index in [-0.39, 0.29) is 0 Å². The number of fused-ring (bicyclic) bond motifs is 3. The SMILES string of the molecule is Nc1cccc(-c2ccccc2-n2c3ccccc3c3ccccc32)c1.S=S=S=S=S=S=S=S=S=S=S=S=S=S=S=S=S=S=S=S=S=S=S=S=S=S=S=S=S=S. The lowest BCUT2D eigenvalue weighted by atomic mass is 10.0. The molecule has 5 rings (SSSR count). The number of para-hydroxylation sites is 3. The maximum absolute atomic E-state index is 6.04. The third-order valence-electron chi connectivity index (χ3n) is 5.67. The minimum absolute atomic E-state index is 0.777. The van der Waals surface area contributed by atoms with E-state index in [1.165, 1.54) is 45.1 Å². The Morgan fingerprint density at radius 3 is 1.07 bits per heavy atom. The van der Waals surface area contributed by atoms with Crippen LogP contribution in [0.25, 0.3) is 38.6 Å². The molecule has 0 radical (unpaired) electrons. The highest BCUT2D eigenvalue weighted by molar-refractivity contribution is 8.80. The summed E-state index contributed by atoms with van der Waals surface area (Å²) in [6.45, 7) is 0. The molecule has 56 heavy (non-hydrogen) atoms. The quantitative estimate of drug-likeness (QED) is 0.222. The van der Waals surface area contributed by atoms with E-state index in [0.717, 1.165) is 16.9 Å². The molecule has 0 saturated heterocycles. The van der Waals surface area contributed by atoms with E-state index < -0.39 is 0 Å². The number of benzene rings is 4. The first-order valence-corrected chi connectivity index (χ1v) is 52.3. The van der Waals surface area contributed by atoms with Crippen LogP contribution < -0.4 is 5.73 Å². The number of aromatic nitrogens is 1. The second kappa shape index (κ2) is 34.5. The highest BCUT2D eigenvalue weighted by Gasteiger charge is 2.14. The van der Waals surface area contributed by atoms with Gasteiger partial charge in [-0.3, -0.25) is 0 Å². The molecule has 0 saturated carbocycles. The molecule has 0 aliphatic carbocycles. The molecule has 0 atom stereocenters. The molecule has 0 aliphatic heterocycles. The number of nitrogen functional groups attached to an aromatic ring is 1. The second-order valence-corrected chi connectivity index (χ2v) is 58.0. The van der Waals surface area contributed by atoms with Gasteiger partial charge in [0.05, 0.1) is 16.7 Å². The molecule has 0 bridgehead atoms. The summed E-state index contributed by atoms with van der Waals surface area (Å²) in [5.41, 5.74) is 12.7. The minimum Gasteiger partial charge on any atom is -0.399 e. The minimum atomic E-state index is 0.777. The zero-order valence-corrected chi connectivity index (χ0v) is 51.0. The summed E-state index contributed by atoms with van der Waals surface area (Å²) in [4.78, 5) is 0. The van der Waals surface area contributed by atoms with Crippen LogP contribution in [0.4, 0.5) is 5.69 Å². The predicted molar refractivity (Wildman–Crippen MR) is 332 cm³/mol. The maximum atomic E-state index is 6.04. The molecular weight excluding hydrogens is 1280 g/mol. The molecule has 4 aromatic carbocycles. The van der Waals surface area contributed by atoms with Crippen LogP contribution in [-0.4, -0.2) is 4.57 Å². The van der Waals surface area contributed by atoms with Gasteiger partial charge in [-0.05, 0) is 35.9 Å². The van der Waals surface area contributed by atoms with Crippen LogP contribution in [0, 0.1) is 0 Å². The number of nitrogens with two attached hydrogens (primary N) is 1. The van der Waals surface area contributed by atoms with Gasteiger partial charge < -0.3 is 10.3 Å². The standard InChI is InChI=1S/C24H18N2.S30/c25-18-9-7-8-17(16-18)19-10-1-4-13-22(19)26-23-14-5-2-11-20(23)21-12-3-6-15-24(21)26;1-3-5-7-9-11-13-15-17-19-21-23-25-27-29-30-28-26-24-22-20-18-16-14-12-10-8-6-4-2/h1-16H,25H2;. The van der Waals surface area contributed by atoms with E-state index >= 15 is 0 Å². The van der Waals surface area contributed by atoms with E-state index in [1.54, 1.807) is 124 Å². The summed E-state index contributed by atoms with van der Waals surface area (Å²) >= 11 is 9.57. The Labute approximate surface area is 414 Å². The van der Waals surface area contributed by atoms with Crippen LogP contribution in [0.2, 0.25) is 0 Å². The first kappa shape index (κ1) is 51.7. The normalized spacial score (nSPS) is 9.29. The Kier molecular flexibility index (Phi) is 31.8. The van der Waals surface area contributed by atoms with Crippen LogP contribution in [0.1, 0.15) is 0 Å². The highest BCUT2D eigenvalue weighted by Crippen LogP contribution is 2.36. The number of hydrogen-bond donors (Lipinski definition) is 1. The smallest absolute Gasteiger partial charge is 0.0541 e. The predicted octanol–water partition coefficient (Wildman–Crippen LogP) is 5.96. The van der Waals surface area contributed by atoms with Crippen molar-refractivity contribution in [3.05, 3.63) is 97.1 Å². The van der Waals surface area contributed by atoms with Gasteiger partial charge in [0, 0.05) is 293 Å². The third kappa shape index (κ3) is 20.7. The van der Waals surface area contributed by atoms with E-state index in [2.05, 4.69) is 83.4 Å². The molecule has 5 aromatic rings. The number of anilines is 1. The topological polar surface area (TPSA) is 30.9 Å². The van der Waals surface area contributed by atoms with Crippen LogP contribution in [0.15, 0.2) is 97.1 Å². The van der Waals surface area contributed by atoms with Gasteiger partial charge >= 0.3 is 0 Å². The Morgan fingerprint density at radius 1 is 0.357 bits per heavy atom. The van der Waals surface area contributed by atoms with Gasteiger partial charge in [-0.25, -0.2) is 0 Å². The van der Waals surface area contributed by atoms with Crippen molar-refractivity contribution in [1.82, 2.24) is 4.57 Å². The largest absolute Gasteiger partial charge is 0.399 e. The Hall–Kier alpha value is 3.08. The number of hydrogen-bond acceptors (Lipinski definition) is 3. The van der Waals surface area contributed by atoms with Crippen molar-refractivity contribution in [3.8, 4) is 16.8 Å². The Balaban J connectivity index is 0.000000250. The summed E-state index contributed by atoms with van der Waals surface area (Å²) in [6.07, 6.45) is 0. The molecule has 1 heterocycles. The molecular formula is C24H18N2S30.